The summed E-state index contributed by atoms with van der Waals surface area (Å²) in [4.78, 5) is 39.6. The highest BCUT2D eigenvalue weighted by Gasteiger charge is 2.42. The zero-order valence-electron chi connectivity index (χ0n) is 18.3. The zero-order chi connectivity index (χ0) is 22.1. The minimum absolute atomic E-state index is 0.00497. The molecule has 1 N–H and O–H groups in total. The largest absolute Gasteiger partial charge is 0.454 e. The van der Waals surface area contributed by atoms with Crippen LogP contribution in [0.4, 0.5) is 5.69 Å². The number of anilines is 1. The van der Waals surface area contributed by atoms with Crippen LogP contribution in [-0.4, -0.2) is 48.2 Å². The lowest BCUT2D eigenvalue weighted by molar-refractivity contribution is -0.157. The average Bonchev–Trinajstić information content (AvgIpc) is 3.36. The Hall–Kier alpha value is -2.77. The van der Waals surface area contributed by atoms with Crippen LogP contribution in [0.1, 0.15) is 46.5 Å². The van der Waals surface area contributed by atoms with Crippen LogP contribution in [0, 0.1) is 17.8 Å². The maximum Gasteiger partial charge on any atom is 0.312 e. The highest BCUT2D eigenvalue weighted by Crippen LogP contribution is 2.36. The van der Waals surface area contributed by atoms with E-state index in [9.17, 15) is 14.4 Å². The molecule has 1 aliphatic carbocycles. The van der Waals surface area contributed by atoms with E-state index in [0.717, 1.165) is 12.8 Å². The second-order valence-electron chi connectivity index (χ2n) is 8.92. The van der Waals surface area contributed by atoms with E-state index >= 15 is 0 Å². The van der Waals surface area contributed by atoms with Gasteiger partial charge >= 0.3 is 5.97 Å². The van der Waals surface area contributed by atoms with E-state index in [0.29, 0.717) is 35.6 Å². The molecule has 1 aromatic carbocycles. The summed E-state index contributed by atoms with van der Waals surface area (Å²) in [6.07, 6.45) is 2.43. The Morgan fingerprint density at radius 3 is 2.77 bits per heavy atom. The van der Waals surface area contributed by atoms with Crippen LogP contribution in [0.15, 0.2) is 18.2 Å². The first-order chi connectivity index (χ1) is 14.8. The molecule has 0 radical (unpaired) electrons. The van der Waals surface area contributed by atoms with Gasteiger partial charge in [-0.15, -0.1) is 0 Å². The van der Waals surface area contributed by atoms with Crippen LogP contribution in [0.5, 0.6) is 11.5 Å². The van der Waals surface area contributed by atoms with E-state index in [1.54, 1.807) is 18.2 Å². The third-order valence-corrected chi connectivity index (χ3v) is 6.86. The Labute approximate surface area is 182 Å². The third-order valence-electron chi connectivity index (χ3n) is 6.86. The third kappa shape index (κ3) is 4.48. The quantitative estimate of drug-likeness (QED) is 0.722. The van der Waals surface area contributed by atoms with E-state index in [2.05, 4.69) is 19.2 Å². The van der Waals surface area contributed by atoms with Crippen molar-refractivity contribution in [3.05, 3.63) is 18.2 Å². The summed E-state index contributed by atoms with van der Waals surface area (Å²) < 4.78 is 16.0. The van der Waals surface area contributed by atoms with Crippen LogP contribution in [0.2, 0.25) is 0 Å². The van der Waals surface area contributed by atoms with Gasteiger partial charge in [0, 0.05) is 30.8 Å². The number of hydrogen-bond donors (Lipinski definition) is 1. The lowest BCUT2D eigenvalue weighted by atomic mass is 9.77. The van der Waals surface area contributed by atoms with Gasteiger partial charge in [0.05, 0.1) is 5.92 Å². The molecule has 0 aromatic heterocycles. The summed E-state index contributed by atoms with van der Waals surface area (Å²) in [6, 6.07) is 5.25. The molecular formula is C23H30N2O6. The number of likely N-dealkylation sites (tertiary alicyclic amines) is 1. The fraction of sp³-hybridized carbons (Fsp3) is 0.609. The standard InChI is InChI=1S/C23H30N2O6/c1-13-5-4-6-18(14(13)2)25-11-16(9-21(25)26)23(28)31-15(3)22(27)24-17-7-8-19-20(10-17)30-12-29-19/h7-8,10,13-16,18H,4-6,9,11-12H2,1-3H3,(H,24,27)/t13-,14+,15+,16-,18-/m1/s1. The SMILES string of the molecule is C[C@H]1[C@H](C)CCC[C@H]1N1C[C@H](C(=O)O[C@@H](C)C(=O)Nc2ccc3c(c2)OCO3)CC1=O. The Morgan fingerprint density at radius 1 is 1.19 bits per heavy atom. The van der Waals surface area contributed by atoms with Crippen molar-refractivity contribution in [1.29, 1.82) is 0 Å². The molecule has 1 saturated carbocycles. The number of nitrogens with one attached hydrogen (secondary N) is 1. The molecule has 1 aromatic rings. The van der Waals surface area contributed by atoms with Crippen molar-refractivity contribution in [2.24, 2.45) is 17.8 Å². The van der Waals surface area contributed by atoms with Gasteiger partial charge in [-0.05, 0) is 37.3 Å². The number of fused-ring (bicyclic) bond motifs is 1. The normalized spacial score (nSPS) is 28.4. The predicted octanol–water partition coefficient (Wildman–Crippen LogP) is 2.96. The van der Waals surface area contributed by atoms with Crippen molar-refractivity contribution in [1.82, 2.24) is 4.90 Å². The second-order valence-corrected chi connectivity index (χ2v) is 8.92. The molecule has 1 saturated heterocycles. The molecule has 3 aliphatic rings. The minimum Gasteiger partial charge on any atom is -0.454 e. The van der Waals surface area contributed by atoms with Gasteiger partial charge in [-0.1, -0.05) is 26.7 Å². The average molecular weight is 431 g/mol. The van der Waals surface area contributed by atoms with Gasteiger partial charge in [-0.2, -0.15) is 0 Å². The number of carbonyl (C=O) groups excluding carboxylic acids is 3. The topological polar surface area (TPSA) is 94.2 Å². The highest BCUT2D eigenvalue weighted by molar-refractivity contribution is 5.96. The number of rotatable bonds is 5. The summed E-state index contributed by atoms with van der Waals surface area (Å²) in [5.41, 5.74) is 0.528. The summed E-state index contributed by atoms with van der Waals surface area (Å²) in [5, 5.41) is 2.72. The summed E-state index contributed by atoms with van der Waals surface area (Å²) >= 11 is 0. The van der Waals surface area contributed by atoms with E-state index in [4.69, 9.17) is 14.2 Å². The summed E-state index contributed by atoms with van der Waals surface area (Å²) in [5.74, 6) is 0.691. The smallest absolute Gasteiger partial charge is 0.312 e. The van der Waals surface area contributed by atoms with E-state index in [1.165, 1.54) is 13.3 Å². The van der Waals surface area contributed by atoms with E-state index in [-0.39, 0.29) is 25.2 Å². The van der Waals surface area contributed by atoms with Crippen LogP contribution >= 0.6 is 0 Å². The molecule has 2 fully saturated rings. The van der Waals surface area contributed by atoms with E-state index < -0.39 is 23.9 Å². The molecule has 31 heavy (non-hydrogen) atoms. The Morgan fingerprint density at radius 2 is 1.97 bits per heavy atom. The van der Waals surface area contributed by atoms with Crippen molar-refractivity contribution in [2.45, 2.75) is 58.6 Å². The number of esters is 1. The number of ether oxygens (including phenoxy) is 3. The van der Waals surface area contributed by atoms with Crippen molar-refractivity contribution in [3.8, 4) is 11.5 Å². The first-order valence-corrected chi connectivity index (χ1v) is 11.0. The van der Waals surface area contributed by atoms with Gasteiger partial charge in [0.1, 0.15) is 0 Å². The Balaban J connectivity index is 1.31. The van der Waals surface area contributed by atoms with Crippen molar-refractivity contribution in [2.75, 3.05) is 18.7 Å². The Kier molecular flexibility index (Phi) is 6.07. The molecular weight excluding hydrogens is 400 g/mol. The lowest BCUT2D eigenvalue weighted by Gasteiger charge is -2.39. The maximum atomic E-state index is 12.7. The molecule has 0 unspecified atom stereocenters. The van der Waals surface area contributed by atoms with Crippen molar-refractivity contribution in [3.63, 3.8) is 0 Å². The number of nitrogens with zero attached hydrogens (tertiary/aromatic N) is 1. The lowest BCUT2D eigenvalue weighted by Crippen LogP contribution is -2.45. The Bertz CT molecular complexity index is 872. The highest BCUT2D eigenvalue weighted by atomic mass is 16.7. The fourth-order valence-corrected chi connectivity index (χ4v) is 4.75. The summed E-state index contributed by atoms with van der Waals surface area (Å²) in [7, 11) is 0. The number of hydrogen-bond acceptors (Lipinski definition) is 6. The minimum atomic E-state index is -0.976. The molecule has 0 bridgehead atoms. The zero-order valence-corrected chi connectivity index (χ0v) is 18.3. The number of amides is 2. The molecule has 2 amide bonds. The first-order valence-electron chi connectivity index (χ1n) is 11.0. The van der Waals surface area contributed by atoms with Gasteiger partial charge in [-0.25, -0.2) is 0 Å². The fourth-order valence-electron chi connectivity index (χ4n) is 4.75. The van der Waals surface area contributed by atoms with Gasteiger partial charge in [0.15, 0.2) is 17.6 Å². The van der Waals surface area contributed by atoms with E-state index in [1.807, 2.05) is 4.90 Å². The molecule has 8 nitrogen and oxygen atoms in total. The number of benzene rings is 1. The van der Waals surface area contributed by atoms with Crippen molar-refractivity contribution >= 4 is 23.5 Å². The van der Waals surface area contributed by atoms with Gasteiger partial charge in [0.25, 0.3) is 5.91 Å². The van der Waals surface area contributed by atoms with Gasteiger partial charge in [0.2, 0.25) is 12.7 Å². The van der Waals surface area contributed by atoms with Crippen LogP contribution in [0.3, 0.4) is 0 Å². The van der Waals surface area contributed by atoms with Crippen LogP contribution < -0.4 is 14.8 Å². The maximum absolute atomic E-state index is 12.7. The summed E-state index contributed by atoms with van der Waals surface area (Å²) in [6.45, 7) is 6.46. The number of carbonyl (C=O) groups is 3. The molecule has 2 heterocycles. The molecule has 4 rings (SSSR count). The molecule has 8 heteroatoms. The molecule has 168 valence electrons. The van der Waals surface area contributed by atoms with Crippen molar-refractivity contribution < 1.29 is 28.6 Å². The predicted molar refractivity (Wildman–Crippen MR) is 113 cm³/mol. The molecule has 5 atom stereocenters. The molecule has 2 aliphatic heterocycles. The van der Waals surface area contributed by atoms with Crippen LogP contribution in [-0.2, 0) is 19.1 Å². The molecule has 0 spiro atoms. The van der Waals surface area contributed by atoms with Crippen LogP contribution in [0.25, 0.3) is 0 Å². The monoisotopic (exact) mass is 430 g/mol. The second kappa shape index (κ2) is 8.77. The first kappa shape index (κ1) is 21.5. The van der Waals surface area contributed by atoms with Gasteiger partial charge < -0.3 is 24.4 Å². The van der Waals surface area contributed by atoms with Gasteiger partial charge in [-0.3, -0.25) is 14.4 Å².